The fourth-order valence-corrected chi connectivity index (χ4v) is 1.84. The zero-order valence-electron chi connectivity index (χ0n) is 9.77. The molecule has 0 saturated heterocycles. The molecule has 3 nitrogen and oxygen atoms in total. The second-order valence-corrected chi connectivity index (χ2v) is 4.68. The summed E-state index contributed by atoms with van der Waals surface area (Å²) in [5.74, 6) is -0.494. The SMILES string of the molecule is O=C(O)c1cccc(OCc2ccc(Cl)c(Cl)c2)c1. The molecule has 2 aromatic carbocycles. The van der Waals surface area contributed by atoms with Crippen LogP contribution in [0.15, 0.2) is 42.5 Å². The molecule has 0 saturated carbocycles. The van der Waals surface area contributed by atoms with Gasteiger partial charge in [-0.1, -0.05) is 35.3 Å². The molecule has 2 aromatic rings. The number of benzene rings is 2. The van der Waals surface area contributed by atoms with Crippen LogP contribution in [-0.2, 0) is 6.61 Å². The first-order chi connectivity index (χ1) is 9.06. The highest BCUT2D eigenvalue weighted by molar-refractivity contribution is 6.42. The topological polar surface area (TPSA) is 46.5 Å². The first-order valence-electron chi connectivity index (χ1n) is 5.46. The molecule has 0 aromatic heterocycles. The van der Waals surface area contributed by atoms with E-state index in [-0.39, 0.29) is 5.56 Å². The third kappa shape index (κ3) is 3.63. The van der Waals surface area contributed by atoms with Crippen molar-refractivity contribution in [3.05, 3.63) is 63.6 Å². The second kappa shape index (κ2) is 5.95. The molecule has 0 aliphatic rings. The second-order valence-electron chi connectivity index (χ2n) is 3.87. The number of rotatable bonds is 4. The fourth-order valence-electron chi connectivity index (χ4n) is 1.51. The molecule has 0 radical (unpaired) electrons. The molecule has 1 N–H and O–H groups in total. The lowest BCUT2D eigenvalue weighted by atomic mass is 10.2. The van der Waals surface area contributed by atoms with Crippen molar-refractivity contribution in [1.82, 2.24) is 0 Å². The van der Waals surface area contributed by atoms with Gasteiger partial charge in [0.1, 0.15) is 12.4 Å². The summed E-state index contributed by atoms with van der Waals surface area (Å²) in [6.45, 7) is 0.292. The van der Waals surface area contributed by atoms with E-state index in [1.165, 1.54) is 12.1 Å². The quantitative estimate of drug-likeness (QED) is 0.916. The zero-order chi connectivity index (χ0) is 13.8. The Morgan fingerprint density at radius 2 is 1.89 bits per heavy atom. The van der Waals surface area contributed by atoms with Crippen molar-refractivity contribution in [2.45, 2.75) is 6.61 Å². The molecule has 2 rings (SSSR count). The molecule has 0 bridgehead atoms. The van der Waals surface area contributed by atoms with E-state index in [4.69, 9.17) is 33.0 Å². The number of carboxylic acid groups (broad SMARTS) is 1. The molecule has 0 fully saturated rings. The van der Waals surface area contributed by atoms with Gasteiger partial charge in [0.2, 0.25) is 0 Å². The first kappa shape index (κ1) is 13.7. The smallest absolute Gasteiger partial charge is 0.335 e. The van der Waals surface area contributed by atoms with Gasteiger partial charge in [0.25, 0.3) is 0 Å². The Bertz CT molecular complexity index is 611. The Hall–Kier alpha value is -1.71. The van der Waals surface area contributed by atoms with Gasteiger partial charge in [0.05, 0.1) is 15.6 Å². The van der Waals surface area contributed by atoms with Gasteiger partial charge in [-0.2, -0.15) is 0 Å². The molecule has 98 valence electrons. The van der Waals surface area contributed by atoms with Crippen molar-refractivity contribution >= 4 is 29.2 Å². The molecule has 0 atom stereocenters. The molecule has 19 heavy (non-hydrogen) atoms. The maximum absolute atomic E-state index is 10.8. The predicted octanol–water partition coefficient (Wildman–Crippen LogP) is 4.27. The van der Waals surface area contributed by atoms with E-state index >= 15 is 0 Å². The summed E-state index contributed by atoms with van der Waals surface area (Å²) >= 11 is 11.7. The maximum Gasteiger partial charge on any atom is 0.335 e. The molecule has 0 unspecified atom stereocenters. The van der Waals surface area contributed by atoms with Gasteiger partial charge >= 0.3 is 5.97 Å². The molecular formula is C14H10Cl2O3. The summed E-state index contributed by atoms with van der Waals surface area (Å²) in [6.07, 6.45) is 0. The highest BCUT2D eigenvalue weighted by Crippen LogP contribution is 2.23. The normalized spacial score (nSPS) is 10.2. The van der Waals surface area contributed by atoms with E-state index in [1.807, 2.05) is 0 Å². The summed E-state index contributed by atoms with van der Waals surface area (Å²) in [6, 6.07) is 11.5. The van der Waals surface area contributed by atoms with Gasteiger partial charge in [-0.15, -0.1) is 0 Å². The molecule has 0 spiro atoms. The summed E-state index contributed by atoms with van der Waals surface area (Å²) in [7, 11) is 0. The van der Waals surface area contributed by atoms with Crippen LogP contribution in [0.5, 0.6) is 5.75 Å². The minimum atomic E-state index is -0.986. The van der Waals surface area contributed by atoms with Crippen LogP contribution in [0.2, 0.25) is 10.0 Å². The van der Waals surface area contributed by atoms with Crippen molar-refractivity contribution < 1.29 is 14.6 Å². The van der Waals surface area contributed by atoms with Gasteiger partial charge in [-0.3, -0.25) is 0 Å². The molecule has 0 aliphatic heterocycles. The van der Waals surface area contributed by atoms with Gasteiger partial charge in [-0.25, -0.2) is 4.79 Å². The van der Waals surface area contributed by atoms with E-state index in [0.717, 1.165) is 5.56 Å². The van der Waals surface area contributed by atoms with Gasteiger partial charge in [-0.05, 0) is 35.9 Å². The largest absolute Gasteiger partial charge is 0.489 e. The van der Waals surface area contributed by atoms with Gasteiger partial charge in [0.15, 0.2) is 0 Å². The molecule has 5 heteroatoms. The lowest BCUT2D eigenvalue weighted by Crippen LogP contribution is -1.99. The molecule has 0 heterocycles. The highest BCUT2D eigenvalue weighted by Gasteiger charge is 2.05. The third-order valence-corrected chi connectivity index (χ3v) is 3.21. The Morgan fingerprint density at radius 3 is 2.58 bits per heavy atom. The summed E-state index contributed by atoms with van der Waals surface area (Å²) in [5.41, 5.74) is 1.04. The Balaban J connectivity index is 2.07. The summed E-state index contributed by atoms with van der Waals surface area (Å²) in [5, 5.41) is 9.82. The van der Waals surface area contributed by atoms with Crippen molar-refractivity contribution in [2.24, 2.45) is 0 Å². The van der Waals surface area contributed by atoms with E-state index in [9.17, 15) is 4.79 Å². The van der Waals surface area contributed by atoms with Crippen LogP contribution in [-0.4, -0.2) is 11.1 Å². The molecular weight excluding hydrogens is 287 g/mol. The fraction of sp³-hybridized carbons (Fsp3) is 0.0714. The highest BCUT2D eigenvalue weighted by atomic mass is 35.5. The zero-order valence-corrected chi connectivity index (χ0v) is 11.3. The Morgan fingerprint density at radius 1 is 1.11 bits per heavy atom. The van der Waals surface area contributed by atoms with Crippen molar-refractivity contribution in [3.8, 4) is 5.75 Å². The van der Waals surface area contributed by atoms with Crippen molar-refractivity contribution in [3.63, 3.8) is 0 Å². The maximum atomic E-state index is 10.8. The number of ether oxygens (including phenoxy) is 1. The van der Waals surface area contributed by atoms with Crippen LogP contribution in [0.4, 0.5) is 0 Å². The number of aromatic carboxylic acids is 1. The van der Waals surface area contributed by atoms with Crippen molar-refractivity contribution in [2.75, 3.05) is 0 Å². The van der Waals surface area contributed by atoms with E-state index in [2.05, 4.69) is 0 Å². The Kier molecular flexibility index (Phi) is 4.30. The van der Waals surface area contributed by atoms with Crippen LogP contribution in [0, 0.1) is 0 Å². The molecule has 0 amide bonds. The lowest BCUT2D eigenvalue weighted by molar-refractivity contribution is 0.0696. The Labute approximate surface area is 120 Å². The summed E-state index contributed by atoms with van der Waals surface area (Å²) in [4.78, 5) is 10.8. The predicted molar refractivity (Wildman–Crippen MR) is 74.2 cm³/mol. The van der Waals surface area contributed by atoms with Gasteiger partial charge < -0.3 is 9.84 Å². The van der Waals surface area contributed by atoms with E-state index < -0.39 is 5.97 Å². The van der Waals surface area contributed by atoms with E-state index in [0.29, 0.717) is 22.4 Å². The number of hydrogen-bond donors (Lipinski definition) is 1. The standard InChI is InChI=1S/C14H10Cl2O3/c15-12-5-4-9(6-13(12)16)8-19-11-3-1-2-10(7-11)14(17)18/h1-7H,8H2,(H,17,18). The van der Waals surface area contributed by atoms with Crippen LogP contribution < -0.4 is 4.74 Å². The average molecular weight is 297 g/mol. The average Bonchev–Trinajstić information content (AvgIpc) is 2.40. The monoisotopic (exact) mass is 296 g/mol. The number of carboxylic acids is 1. The van der Waals surface area contributed by atoms with E-state index in [1.54, 1.807) is 30.3 Å². The van der Waals surface area contributed by atoms with Gasteiger partial charge in [0, 0.05) is 0 Å². The van der Waals surface area contributed by atoms with Crippen LogP contribution in [0.1, 0.15) is 15.9 Å². The number of halogens is 2. The number of hydrogen-bond acceptors (Lipinski definition) is 2. The minimum absolute atomic E-state index is 0.187. The summed E-state index contributed by atoms with van der Waals surface area (Å²) < 4.78 is 5.51. The van der Waals surface area contributed by atoms with Crippen molar-refractivity contribution in [1.29, 1.82) is 0 Å². The minimum Gasteiger partial charge on any atom is -0.489 e. The van der Waals surface area contributed by atoms with Crippen LogP contribution >= 0.6 is 23.2 Å². The molecule has 0 aliphatic carbocycles. The lowest BCUT2D eigenvalue weighted by Gasteiger charge is -2.07. The van der Waals surface area contributed by atoms with Crippen LogP contribution in [0.3, 0.4) is 0 Å². The number of carbonyl (C=O) groups is 1. The van der Waals surface area contributed by atoms with Crippen LogP contribution in [0.25, 0.3) is 0 Å². The third-order valence-electron chi connectivity index (χ3n) is 2.47. The first-order valence-corrected chi connectivity index (χ1v) is 6.22.